The fourth-order valence-electron chi connectivity index (χ4n) is 2.30. The number of rotatable bonds is 3. The van der Waals surface area contributed by atoms with Crippen LogP contribution in [0.25, 0.3) is 4.48 Å². The van der Waals surface area contributed by atoms with E-state index in [0.29, 0.717) is 23.7 Å². The molecule has 2 rings (SSSR count). The number of ether oxygens (including phenoxy) is 3. The number of halogens is 1. The molecule has 1 aliphatic rings. The van der Waals surface area contributed by atoms with E-state index in [1.54, 1.807) is 27.4 Å². The number of hydrogen-bond donors (Lipinski definition) is 1. The van der Waals surface area contributed by atoms with Crippen molar-refractivity contribution in [2.75, 3.05) is 21.3 Å². The first-order valence-electron chi connectivity index (χ1n) is 6.00. The molecule has 0 spiro atoms. The van der Waals surface area contributed by atoms with Crippen molar-refractivity contribution in [3.05, 3.63) is 23.3 Å². The van der Waals surface area contributed by atoms with Gasteiger partial charge in [-0.25, -0.2) is 0 Å². The number of aryl methyl sites for hydroxylation is 1. The van der Waals surface area contributed by atoms with Crippen molar-refractivity contribution in [3.63, 3.8) is 0 Å². The highest BCUT2D eigenvalue weighted by atomic mass is 79.9. The molecule has 1 atom stereocenters. The zero-order chi connectivity index (χ0) is 14.0. The van der Waals surface area contributed by atoms with Crippen molar-refractivity contribution in [1.29, 1.82) is 0 Å². The Morgan fingerprint density at radius 2 is 1.84 bits per heavy atom. The minimum Gasteiger partial charge on any atom is -0.493 e. The quantitative estimate of drug-likeness (QED) is 0.926. The predicted octanol–water partition coefficient (Wildman–Crippen LogP) is 2.76. The molecule has 0 heterocycles. The third-order valence-electron chi connectivity index (χ3n) is 3.20. The summed E-state index contributed by atoms with van der Waals surface area (Å²) in [5.74, 6) is 1.81. The maximum atomic E-state index is 9.84. The molecule has 0 aromatic heterocycles. The van der Waals surface area contributed by atoms with Gasteiger partial charge in [0.25, 0.3) is 0 Å². The number of benzene rings is 1. The smallest absolute Gasteiger partial charge is 0.203 e. The van der Waals surface area contributed by atoms with Gasteiger partial charge in [-0.15, -0.1) is 0 Å². The van der Waals surface area contributed by atoms with Gasteiger partial charge in [-0.05, 0) is 30.5 Å². The van der Waals surface area contributed by atoms with Crippen LogP contribution >= 0.6 is 15.9 Å². The van der Waals surface area contributed by atoms with Crippen molar-refractivity contribution in [2.24, 2.45) is 0 Å². The van der Waals surface area contributed by atoms with E-state index in [9.17, 15) is 5.11 Å². The molecule has 19 heavy (non-hydrogen) atoms. The minimum absolute atomic E-state index is 0.469. The summed E-state index contributed by atoms with van der Waals surface area (Å²) in [6.07, 6.45) is 2.73. The molecular formula is C14H17BrO4. The van der Waals surface area contributed by atoms with Crippen molar-refractivity contribution in [2.45, 2.75) is 18.9 Å². The molecule has 1 N–H and O–H groups in total. The third-order valence-corrected chi connectivity index (χ3v) is 3.86. The summed E-state index contributed by atoms with van der Waals surface area (Å²) in [5, 5.41) is 9.84. The van der Waals surface area contributed by atoms with Crippen molar-refractivity contribution < 1.29 is 19.3 Å². The summed E-state index contributed by atoms with van der Waals surface area (Å²) in [7, 11) is 4.77. The van der Waals surface area contributed by atoms with Gasteiger partial charge in [0.1, 0.15) is 0 Å². The zero-order valence-electron chi connectivity index (χ0n) is 11.2. The van der Waals surface area contributed by atoms with Crippen LogP contribution in [0.1, 0.15) is 17.5 Å². The largest absolute Gasteiger partial charge is 0.493 e. The average molecular weight is 329 g/mol. The number of methoxy groups -OCH3 is 3. The van der Waals surface area contributed by atoms with Gasteiger partial charge in [-0.1, -0.05) is 15.9 Å². The van der Waals surface area contributed by atoms with Crippen LogP contribution in [0.5, 0.6) is 17.2 Å². The Balaban J connectivity index is 2.71. The van der Waals surface area contributed by atoms with Gasteiger partial charge < -0.3 is 19.3 Å². The van der Waals surface area contributed by atoms with E-state index in [1.165, 1.54) is 0 Å². The first kappa shape index (κ1) is 14.2. The second-order valence-electron chi connectivity index (χ2n) is 4.30. The number of aliphatic hydroxyl groups excluding tert-OH is 1. The minimum atomic E-state index is -0.469. The van der Waals surface area contributed by atoms with Gasteiger partial charge in [0, 0.05) is 10.0 Å². The van der Waals surface area contributed by atoms with Crippen molar-refractivity contribution in [3.8, 4) is 17.2 Å². The zero-order valence-corrected chi connectivity index (χ0v) is 12.8. The van der Waals surface area contributed by atoms with E-state index in [4.69, 9.17) is 14.2 Å². The second-order valence-corrected chi connectivity index (χ2v) is 5.15. The SMILES string of the molecule is COc1cc2c(c(OC)c1OC)C(Br)=CC(O)CC2. The lowest BCUT2D eigenvalue weighted by molar-refractivity contribution is 0.214. The monoisotopic (exact) mass is 328 g/mol. The summed E-state index contributed by atoms with van der Waals surface area (Å²) in [6, 6.07) is 1.93. The molecular weight excluding hydrogens is 312 g/mol. The number of aliphatic hydroxyl groups is 1. The summed E-state index contributed by atoms with van der Waals surface area (Å²) in [5.41, 5.74) is 1.98. The van der Waals surface area contributed by atoms with Gasteiger partial charge in [0.05, 0.1) is 27.4 Å². The molecule has 1 aliphatic carbocycles. The predicted molar refractivity (Wildman–Crippen MR) is 77.3 cm³/mol. The van der Waals surface area contributed by atoms with E-state index in [2.05, 4.69) is 15.9 Å². The van der Waals surface area contributed by atoms with Crippen LogP contribution in [0.15, 0.2) is 12.1 Å². The molecule has 0 radical (unpaired) electrons. The van der Waals surface area contributed by atoms with Crippen LogP contribution in [0.2, 0.25) is 0 Å². The average Bonchev–Trinajstić information content (AvgIpc) is 2.55. The van der Waals surface area contributed by atoms with E-state index in [0.717, 1.165) is 22.0 Å². The van der Waals surface area contributed by atoms with Crippen LogP contribution in [-0.2, 0) is 6.42 Å². The molecule has 4 nitrogen and oxygen atoms in total. The van der Waals surface area contributed by atoms with Gasteiger partial charge >= 0.3 is 0 Å². The molecule has 0 saturated carbocycles. The number of hydrogen-bond acceptors (Lipinski definition) is 4. The van der Waals surface area contributed by atoms with Crippen LogP contribution < -0.4 is 14.2 Å². The molecule has 1 aromatic rings. The van der Waals surface area contributed by atoms with Gasteiger partial charge in [-0.3, -0.25) is 0 Å². The maximum absolute atomic E-state index is 9.84. The Morgan fingerprint density at radius 1 is 1.16 bits per heavy atom. The van der Waals surface area contributed by atoms with E-state index >= 15 is 0 Å². The Labute approximate surface area is 121 Å². The summed E-state index contributed by atoms with van der Waals surface area (Å²) in [6.45, 7) is 0. The molecule has 0 aliphatic heterocycles. The highest BCUT2D eigenvalue weighted by molar-refractivity contribution is 9.15. The van der Waals surface area contributed by atoms with Crippen LogP contribution in [0.4, 0.5) is 0 Å². The van der Waals surface area contributed by atoms with Gasteiger partial charge in [-0.2, -0.15) is 0 Å². The van der Waals surface area contributed by atoms with Gasteiger partial charge in [0.15, 0.2) is 11.5 Å². The third kappa shape index (κ3) is 2.58. The summed E-state index contributed by atoms with van der Waals surface area (Å²) >= 11 is 3.50. The first-order chi connectivity index (χ1) is 9.12. The molecule has 5 heteroatoms. The Morgan fingerprint density at radius 3 is 2.42 bits per heavy atom. The standard InChI is InChI=1S/C14H17BrO4/c1-17-11-6-8-4-5-9(16)7-10(15)12(8)14(19-3)13(11)18-2/h6-7,9,16H,4-5H2,1-3H3. The molecule has 104 valence electrons. The lowest BCUT2D eigenvalue weighted by Gasteiger charge is -2.18. The molecule has 1 unspecified atom stereocenters. The molecule has 0 bridgehead atoms. The van der Waals surface area contributed by atoms with E-state index in [-0.39, 0.29) is 0 Å². The lowest BCUT2D eigenvalue weighted by Crippen LogP contribution is -2.03. The molecule has 0 fully saturated rings. The van der Waals surface area contributed by atoms with Gasteiger partial charge in [0.2, 0.25) is 5.75 Å². The normalized spacial score (nSPS) is 18.2. The summed E-state index contributed by atoms with van der Waals surface area (Å²) < 4.78 is 17.0. The second kappa shape index (κ2) is 5.84. The van der Waals surface area contributed by atoms with Crippen molar-refractivity contribution >= 4 is 20.4 Å². The van der Waals surface area contributed by atoms with Crippen LogP contribution in [-0.4, -0.2) is 32.5 Å². The van der Waals surface area contributed by atoms with Crippen molar-refractivity contribution in [1.82, 2.24) is 0 Å². The fourth-order valence-corrected chi connectivity index (χ4v) is 3.04. The fraction of sp³-hybridized carbons (Fsp3) is 0.429. The molecule has 1 aromatic carbocycles. The number of fused-ring (bicyclic) bond motifs is 1. The Hall–Kier alpha value is -1.20. The topological polar surface area (TPSA) is 47.9 Å². The van der Waals surface area contributed by atoms with E-state index < -0.39 is 6.10 Å². The maximum Gasteiger partial charge on any atom is 0.203 e. The Kier molecular flexibility index (Phi) is 4.37. The van der Waals surface area contributed by atoms with Crippen LogP contribution in [0, 0.1) is 0 Å². The lowest BCUT2D eigenvalue weighted by atomic mass is 10.0. The Bertz CT molecular complexity index is 511. The summed E-state index contributed by atoms with van der Waals surface area (Å²) in [4.78, 5) is 0. The highest BCUT2D eigenvalue weighted by Crippen LogP contribution is 2.47. The molecule has 0 saturated heterocycles. The van der Waals surface area contributed by atoms with E-state index in [1.807, 2.05) is 6.07 Å². The highest BCUT2D eigenvalue weighted by Gasteiger charge is 2.24. The first-order valence-corrected chi connectivity index (χ1v) is 6.79. The van der Waals surface area contributed by atoms with Crippen LogP contribution in [0.3, 0.4) is 0 Å². The molecule has 0 amide bonds.